The van der Waals surface area contributed by atoms with Gasteiger partial charge in [0.05, 0.1) is 31.5 Å². The molecule has 0 aromatic carbocycles. The van der Waals surface area contributed by atoms with E-state index in [4.69, 9.17) is 14.5 Å². The Balaban J connectivity index is 1.92. The molecule has 1 atom stereocenters. The number of nitrogens with one attached hydrogen (secondary N) is 1. The van der Waals surface area contributed by atoms with E-state index in [1.807, 2.05) is 11.6 Å². The van der Waals surface area contributed by atoms with Gasteiger partial charge in [-0.1, -0.05) is 0 Å². The third-order valence-electron chi connectivity index (χ3n) is 3.84. The van der Waals surface area contributed by atoms with Crippen molar-refractivity contribution in [1.29, 1.82) is 0 Å². The molecule has 1 aliphatic rings. The average molecular weight is 306 g/mol. The molecule has 0 bridgehead atoms. The first kappa shape index (κ1) is 15.1. The lowest BCUT2D eigenvalue weighted by atomic mass is 10.2. The Morgan fingerprint density at radius 3 is 3.05 bits per heavy atom. The van der Waals surface area contributed by atoms with Gasteiger partial charge in [0, 0.05) is 25.9 Å². The molecule has 2 aromatic heterocycles. The zero-order chi connectivity index (χ0) is 15.5. The first-order valence-corrected chi connectivity index (χ1v) is 7.43. The van der Waals surface area contributed by atoms with Crippen LogP contribution >= 0.6 is 0 Å². The molecule has 3 rings (SSSR count). The molecule has 1 unspecified atom stereocenters. The van der Waals surface area contributed by atoms with Crippen molar-refractivity contribution in [3.05, 3.63) is 17.7 Å². The first-order valence-electron chi connectivity index (χ1n) is 7.43. The molecule has 1 saturated heterocycles. The summed E-state index contributed by atoms with van der Waals surface area (Å²) in [5.74, 6) is 1.52. The molecule has 8 nitrogen and oxygen atoms in total. The van der Waals surface area contributed by atoms with E-state index < -0.39 is 0 Å². The SMILES string of the molecule is COCCn1nc(-c2cn[nH]c2C)nc1C1CN(C)CCO1. The Morgan fingerprint density at radius 2 is 2.36 bits per heavy atom. The molecule has 0 amide bonds. The minimum atomic E-state index is -0.0657. The van der Waals surface area contributed by atoms with Crippen LogP contribution in [0.4, 0.5) is 0 Å². The number of aryl methyl sites for hydroxylation is 1. The van der Waals surface area contributed by atoms with E-state index in [1.165, 1.54) is 0 Å². The molecule has 8 heteroatoms. The number of methoxy groups -OCH3 is 1. The molecular formula is C14H22N6O2. The quantitative estimate of drug-likeness (QED) is 0.872. The van der Waals surface area contributed by atoms with Crippen LogP contribution in [0.3, 0.4) is 0 Å². The molecule has 0 aliphatic carbocycles. The number of ether oxygens (including phenoxy) is 2. The number of aromatic amines is 1. The van der Waals surface area contributed by atoms with Gasteiger partial charge in [-0.3, -0.25) is 5.10 Å². The topological polar surface area (TPSA) is 81.1 Å². The molecule has 3 heterocycles. The maximum absolute atomic E-state index is 5.89. The molecule has 120 valence electrons. The van der Waals surface area contributed by atoms with Crippen LogP contribution in [0.1, 0.15) is 17.6 Å². The van der Waals surface area contributed by atoms with Gasteiger partial charge in [-0.25, -0.2) is 9.67 Å². The molecule has 0 spiro atoms. The molecule has 1 fully saturated rings. The summed E-state index contributed by atoms with van der Waals surface area (Å²) in [6, 6.07) is 0. The van der Waals surface area contributed by atoms with Gasteiger partial charge in [-0.2, -0.15) is 10.2 Å². The van der Waals surface area contributed by atoms with Crippen LogP contribution in [-0.4, -0.2) is 70.3 Å². The van der Waals surface area contributed by atoms with Crippen LogP contribution in [0.15, 0.2) is 6.20 Å². The number of morpholine rings is 1. The van der Waals surface area contributed by atoms with Gasteiger partial charge in [0.2, 0.25) is 0 Å². The predicted octanol–water partition coefficient (Wildman–Crippen LogP) is 0.626. The van der Waals surface area contributed by atoms with E-state index in [-0.39, 0.29) is 6.10 Å². The zero-order valence-corrected chi connectivity index (χ0v) is 13.2. The van der Waals surface area contributed by atoms with Crippen molar-refractivity contribution >= 4 is 0 Å². The van der Waals surface area contributed by atoms with E-state index in [0.717, 1.165) is 30.2 Å². The van der Waals surface area contributed by atoms with Gasteiger partial charge in [-0.05, 0) is 14.0 Å². The van der Waals surface area contributed by atoms with Gasteiger partial charge in [0.1, 0.15) is 6.10 Å². The normalized spacial score (nSPS) is 19.7. The highest BCUT2D eigenvalue weighted by Gasteiger charge is 2.26. The van der Waals surface area contributed by atoms with Crippen molar-refractivity contribution < 1.29 is 9.47 Å². The summed E-state index contributed by atoms with van der Waals surface area (Å²) in [7, 11) is 3.77. The molecule has 2 aromatic rings. The van der Waals surface area contributed by atoms with Gasteiger partial charge in [0.15, 0.2) is 11.6 Å². The summed E-state index contributed by atoms with van der Waals surface area (Å²) in [6.45, 7) is 5.66. The van der Waals surface area contributed by atoms with E-state index in [1.54, 1.807) is 13.3 Å². The third kappa shape index (κ3) is 3.03. The summed E-state index contributed by atoms with van der Waals surface area (Å²) in [4.78, 5) is 6.95. The van der Waals surface area contributed by atoms with Crippen molar-refractivity contribution in [3.8, 4) is 11.4 Å². The fraction of sp³-hybridized carbons (Fsp3) is 0.643. The Labute approximate surface area is 129 Å². The zero-order valence-electron chi connectivity index (χ0n) is 13.2. The maximum atomic E-state index is 5.89. The van der Waals surface area contributed by atoms with E-state index in [2.05, 4.69) is 27.2 Å². The molecule has 22 heavy (non-hydrogen) atoms. The van der Waals surface area contributed by atoms with E-state index >= 15 is 0 Å². The smallest absolute Gasteiger partial charge is 0.184 e. The number of hydrogen-bond donors (Lipinski definition) is 1. The lowest BCUT2D eigenvalue weighted by Crippen LogP contribution is -2.36. The minimum Gasteiger partial charge on any atom is -0.383 e. The fourth-order valence-electron chi connectivity index (χ4n) is 2.56. The molecule has 0 saturated carbocycles. The monoisotopic (exact) mass is 306 g/mol. The summed E-state index contributed by atoms with van der Waals surface area (Å²) in [5, 5.41) is 11.6. The summed E-state index contributed by atoms with van der Waals surface area (Å²) < 4.78 is 12.9. The Kier molecular flexibility index (Phi) is 4.51. The van der Waals surface area contributed by atoms with Crippen LogP contribution in [0.5, 0.6) is 0 Å². The number of likely N-dealkylation sites (N-methyl/N-ethyl adjacent to an activating group) is 1. The lowest BCUT2D eigenvalue weighted by Gasteiger charge is -2.29. The lowest BCUT2D eigenvalue weighted by molar-refractivity contribution is -0.0280. The van der Waals surface area contributed by atoms with Crippen LogP contribution in [0.25, 0.3) is 11.4 Å². The summed E-state index contributed by atoms with van der Waals surface area (Å²) in [6.07, 6.45) is 1.69. The van der Waals surface area contributed by atoms with Crippen LogP contribution in [0.2, 0.25) is 0 Å². The van der Waals surface area contributed by atoms with Crippen molar-refractivity contribution in [2.24, 2.45) is 0 Å². The summed E-state index contributed by atoms with van der Waals surface area (Å²) in [5.41, 5.74) is 1.87. The van der Waals surface area contributed by atoms with Crippen molar-refractivity contribution in [2.45, 2.75) is 19.6 Å². The second kappa shape index (κ2) is 6.55. The fourth-order valence-corrected chi connectivity index (χ4v) is 2.56. The highest BCUT2D eigenvalue weighted by Crippen LogP contribution is 2.24. The van der Waals surface area contributed by atoms with Crippen LogP contribution < -0.4 is 0 Å². The van der Waals surface area contributed by atoms with E-state index in [0.29, 0.717) is 25.6 Å². The third-order valence-corrected chi connectivity index (χ3v) is 3.84. The Hall–Kier alpha value is -1.77. The van der Waals surface area contributed by atoms with Crippen LogP contribution in [-0.2, 0) is 16.0 Å². The predicted molar refractivity (Wildman–Crippen MR) is 80.4 cm³/mol. The standard InChI is InChI=1S/C14H22N6O2/c1-10-11(8-15-17-10)13-16-14(20(18-13)5-6-21-3)12-9-19(2)4-7-22-12/h8,12H,4-7,9H2,1-3H3,(H,15,17). The van der Waals surface area contributed by atoms with Gasteiger partial charge in [-0.15, -0.1) is 0 Å². The van der Waals surface area contributed by atoms with Gasteiger partial charge >= 0.3 is 0 Å². The average Bonchev–Trinajstić information content (AvgIpc) is 3.11. The number of rotatable bonds is 5. The molecular weight excluding hydrogens is 284 g/mol. The number of hydrogen-bond acceptors (Lipinski definition) is 6. The highest BCUT2D eigenvalue weighted by atomic mass is 16.5. The number of nitrogens with zero attached hydrogens (tertiary/aromatic N) is 5. The summed E-state index contributed by atoms with van der Waals surface area (Å²) >= 11 is 0. The van der Waals surface area contributed by atoms with Crippen molar-refractivity contribution in [3.63, 3.8) is 0 Å². The molecule has 1 N–H and O–H groups in total. The van der Waals surface area contributed by atoms with Crippen LogP contribution in [0, 0.1) is 6.92 Å². The second-order valence-electron chi connectivity index (χ2n) is 5.54. The minimum absolute atomic E-state index is 0.0657. The van der Waals surface area contributed by atoms with Crippen molar-refractivity contribution in [1.82, 2.24) is 29.9 Å². The van der Waals surface area contributed by atoms with Crippen molar-refractivity contribution in [2.75, 3.05) is 40.5 Å². The molecule has 1 aliphatic heterocycles. The van der Waals surface area contributed by atoms with Gasteiger partial charge < -0.3 is 14.4 Å². The largest absolute Gasteiger partial charge is 0.383 e. The number of H-pyrrole nitrogens is 1. The first-order chi connectivity index (χ1) is 10.7. The Bertz CT molecular complexity index is 623. The number of aromatic nitrogens is 5. The van der Waals surface area contributed by atoms with Gasteiger partial charge in [0.25, 0.3) is 0 Å². The second-order valence-corrected chi connectivity index (χ2v) is 5.54. The highest BCUT2D eigenvalue weighted by molar-refractivity contribution is 5.56. The van der Waals surface area contributed by atoms with E-state index in [9.17, 15) is 0 Å². The molecule has 0 radical (unpaired) electrons. The maximum Gasteiger partial charge on any atom is 0.184 e. The Morgan fingerprint density at radius 1 is 1.50 bits per heavy atom.